The van der Waals surface area contributed by atoms with Gasteiger partial charge in [0.1, 0.15) is 6.10 Å². The molecule has 1 aliphatic rings. The Balaban J connectivity index is 2.24. The zero-order chi connectivity index (χ0) is 21.7. The molecule has 0 N–H and O–H groups in total. The van der Waals surface area contributed by atoms with Crippen LogP contribution in [0.4, 0.5) is 0 Å². The van der Waals surface area contributed by atoms with Gasteiger partial charge in [0, 0.05) is 6.54 Å². The molecule has 0 saturated carbocycles. The molecule has 0 bridgehead atoms. The van der Waals surface area contributed by atoms with Crippen molar-refractivity contribution in [2.45, 2.75) is 64.3 Å². The Labute approximate surface area is 179 Å². The van der Waals surface area contributed by atoms with Gasteiger partial charge in [-0.15, -0.1) is 0 Å². The molecule has 29 heavy (non-hydrogen) atoms. The highest BCUT2D eigenvalue weighted by Crippen LogP contribution is 2.35. The van der Waals surface area contributed by atoms with Crippen molar-refractivity contribution >= 4 is 23.7 Å². The second kappa shape index (κ2) is 10.0. The Hall–Kier alpha value is -1.47. The van der Waals surface area contributed by atoms with Crippen molar-refractivity contribution in [1.29, 1.82) is 0 Å². The third-order valence-electron chi connectivity index (χ3n) is 5.04. The largest absolute Gasteiger partial charge is 0.360 e. The molecule has 0 aromatic heterocycles. The summed E-state index contributed by atoms with van der Waals surface area (Å²) in [6, 6.07) is 9.80. The average molecular weight is 424 g/mol. The number of hydrazone groups is 1. The summed E-state index contributed by atoms with van der Waals surface area (Å²) in [7, 11) is 0. The molecule has 3 atom stereocenters. The summed E-state index contributed by atoms with van der Waals surface area (Å²) >= 11 is 6.85. The van der Waals surface area contributed by atoms with Gasteiger partial charge in [0.05, 0.1) is 24.5 Å². The van der Waals surface area contributed by atoms with Gasteiger partial charge < -0.3 is 14.4 Å². The van der Waals surface area contributed by atoms with E-state index in [0.717, 1.165) is 18.7 Å². The van der Waals surface area contributed by atoms with E-state index >= 15 is 0 Å². The smallest absolute Gasteiger partial charge is 0.294 e. The number of rotatable bonds is 9. The molecule has 6 nitrogen and oxygen atoms in total. The van der Waals surface area contributed by atoms with Crippen molar-refractivity contribution < 1.29 is 14.3 Å². The van der Waals surface area contributed by atoms with E-state index in [9.17, 15) is 4.79 Å². The molecule has 0 aliphatic carbocycles. The van der Waals surface area contributed by atoms with Gasteiger partial charge >= 0.3 is 0 Å². The maximum atomic E-state index is 13.3. The first kappa shape index (κ1) is 23.8. The van der Waals surface area contributed by atoms with Crippen LogP contribution in [-0.2, 0) is 14.3 Å². The molecule has 0 fully saturated rings. The molecule has 162 valence electrons. The van der Waals surface area contributed by atoms with Gasteiger partial charge in [0.15, 0.2) is 0 Å². The lowest BCUT2D eigenvalue weighted by Crippen LogP contribution is -2.61. The minimum Gasteiger partial charge on any atom is -0.360 e. The Morgan fingerprint density at radius 3 is 2.41 bits per heavy atom. The van der Waals surface area contributed by atoms with Gasteiger partial charge in [0.25, 0.3) is 11.0 Å². The molecule has 1 aromatic rings. The minimum absolute atomic E-state index is 0.272. The van der Waals surface area contributed by atoms with Crippen LogP contribution in [0.25, 0.3) is 0 Å². The summed E-state index contributed by atoms with van der Waals surface area (Å²) in [6.07, 6.45) is 0.504. The summed E-state index contributed by atoms with van der Waals surface area (Å²) < 4.78 is 12.2. The van der Waals surface area contributed by atoms with Gasteiger partial charge in [-0.1, -0.05) is 55.8 Å². The van der Waals surface area contributed by atoms with Gasteiger partial charge in [0.2, 0.25) is 0 Å². The number of nitrogens with zero attached hydrogens (tertiary/aromatic N) is 3. The standard InChI is InChI=1S/C22H34ClN3O3/c1-7-25(8-2)14-15-28-22(23)19(16-24-26(20(22)27)21(4,5)6)29-17(3)18-12-10-9-11-13-18/h9-13,16-17,19H,7-8,14-15H2,1-6H3. The highest BCUT2D eigenvalue weighted by atomic mass is 35.5. The van der Waals surface area contributed by atoms with Crippen molar-refractivity contribution in [2.75, 3.05) is 26.2 Å². The van der Waals surface area contributed by atoms with Crippen molar-refractivity contribution in [3.63, 3.8) is 0 Å². The van der Waals surface area contributed by atoms with E-state index in [1.165, 1.54) is 5.01 Å². The Kier molecular flexibility index (Phi) is 8.23. The fraction of sp³-hybridized carbons (Fsp3) is 0.636. The number of hydrogen-bond donors (Lipinski definition) is 0. The molecular weight excluding hydrogens is 390 g/mol. The molecule has 1 aromatic carbocycles. The SMILES string of the molecule is CCN(CC)CCOC1(Cl)C(=O)N(C(C)(C)C)N=CC1OC(C)c1ccccc1. The van der Waals surface area contributed by atoms with E-state index in [4.69, 9.17) is 21.1 Å². The lowest BCUT2D eigenvalue weighted by Gasteiger charge is -2.43. The topological polar surface area (TPSA) is 54.4 Å². The molecule has 0 spiro atoms. The van der Waals surface area contributed by atoms with Gasteiger partial charge in [-0.2, -0.15) is 5.10 Å². The number of alkyl halides is 1. The van der Waals surface area contributed by atoms with Crippen LogP contribution in [0.2, 0.25) is 0 Å². The van der Waals surface area contributed by atoms with Crippen LogP contribution in [0, 0.1) is 0 Å². The third-order valence-corrected chi connectivity index (χ3v) is 5.52. The van der Waals surface area contributed by atoms with Crippen molar-refractivity contribution in [3.05, 3.63) is 35.9 Å². The minimum atomic E-state index is -1.66. The predicted molar refractivity (Wildman–Crippen MR) is 117 cm³/mol. The van der Waals surface area contributed by atoms with Crippen LogP contribution in [0.3, 0.4) is 0 Å². The molecule has 3 unspecified atom stereocenters. The molecule has 1 amide bonds. The van der Waals surface area contributed by atoms with Gasteiger partial charge in [-0.25, -0.2) is 5.01 Å². The van der Waals surface area contributed by atoms with E-state index in [0.29, 0.717) is 13.2 Å². The first-order chi connectivity index (χ1) is 13.6. The maximum Gasteiger partial charge on any atom is 0.294 e. The van der Waals surface area contributed by atoms with E-state index in [1.807, 2.05) is 58.0 Å². The normalized spacial score (nSPS) is 23.7. The quantitative estimate of drug-likeness (QED) is 0.562. The molecule has 0 radical (unpaired) electrons. The summed E-state index contributed by atoms with van der Waals surface area (Å²) in [6.45, 7) is 14.6. The fourth-order valence-electron chi connectivity index (χ4n) is 3.17. The fourth-order valence-corrected chi connectivity index (χ4v) is 3.44. The molecule has 1 heterocycles. The Bertz CT molecular complexity index is 688. The second-order valence-electron chi connectivity index (χ2n) is 8.18. The van der Waals surface area contributed by atoms with Crippen LogP contribution in [-0.4, -0.2) is 65.0 Å². The molecular formula is C22H34ClN3O3. The van der Waals surface area contributed by atoms with Crippen LogP contribution in [0.15, 0.2) is 35.4 Å². The molecule has 2 rings (SSSR count). The lowest BCUT2D eigenvalue weighted by atomic mass is 10.0. The summed E-state index contributed by atoms with van der Waals surface area (Å²) in [5.74, 6) is -0.404. The number of ether oxygens (including phenoxy) is 2. The van der Waals surface area contributed by atoms with Crippen molar-refractivity contribution in [3.8, 4) is 0 Å². The molecule has 0 saturated heterocycles. The highest BCUT2D eigenvalue weighted by molar-refractivity contribution is 6.35. The molecule has 7 heteroatoms. The van der Waals surface area contributed by atoms with Crippen LogP contribution < -0.4 is 0 Å². The Morgan fingerprint density at radius 2 is 1.86 bits per heavy atom. The van der Waals surface area contributed by atoms with Crippen LogP contribution in [0.1, 0.15) is 53.2 Å². The number of carbonyl (C=O) groups excluding carboxylic acids is 1. The van der Waals surface area contributed by atoms with Gasteiger partial charge in [-0.3, -0.25) is 4.79 Å². The first-order valence-electron chi connectivity index (χ1n) is 10.3. The van der Waals surface area contributed by atoms with Crippen molar-refractivity contribution in [1.82, 2.24) is 9.91 Å². The predicted octanol–water partition coefficient (Wildman–Crippen LogP) is 4.05. The van der Waals surface area contributed by atoms with Gasteiger partial charge in [-0.05, 0) is 46.3 Å². The number of amides is 1. The first-order valence-corrected chi connectivity index (χ1v) is 10.7. The second-order valence-corrected chi connectivity index (χ2v) is 8.74. The third kappa shape index (κ3) is 5.79. The van der Waals surface area contributed by atoms with Crippen LogP contribution in [0.5, 0.6) is 0 Å². The summed E-state index contributed by atoms with van der Waals surface area (Å²) in [4.78, 5) is 15.5. The number of carbonyl (C=O) groups is 1. The van der Waals surface area contributed by atoms with Crippen LogP contribution >= 0.6 is 11.6 Å². The lowest BCUT2D eigenvalue weighted by molar-refractivity contribution is -0.169. The summed E-state index contributed by atoms with van der Waals surface area (Å²) in [5, 5.41) is 4.06. The zero-order valence-electron chi connectivity index (χ0n) is 18.4. The van der Waals surface area contributed by atoms with E-state index in [1.54, 1.807) is 6.21 Å². The van der Waals surface area contributed by atoms with E-state index in [-0.39, 0.29) is 6.10 Å². The number of hydrogen-bond acceptors (Lipinski definition) is 5. The Morgan fingerprint density at radius 1 is 1.24 bits per heavy atom. The maximum absolute atomic E-state index is 13.3. The number of likely N-dealkylation sites (N-methyl/N-ethyl adjacent to an activating group) is 1. The highest BCUT2D eigenvalue weighted by Gasteiger charge is 2.53. The number of benzene rings is 1. The monoisotopic (exact) mass is 423 g/mol. The van der Waals surface area contributed by atoms with Crippen molar-refractivity contribution in [2.24, 2.45) is 5.10 Å². The van der Waals surface area contributed by atoms with E-state index < -0.39 is 22.6 Å². The zero-order valence-corrected chi connectivity index (χ0v) is 19.1. The number of halogens is 1. The van der Waals surface area contributed by atoms with E-state index in [2.05, 4.69) is 23.8 Å². The molecule has 1 aliphatic heterocycles. The average Bonchev–Trinajstić information content (AvgIpc) is 2.69. The summed E-state index contributed by atoms with van der Waals surface area (Å²) in [5.41, 5.74) is 0.472.